The number of ether oxygens (including phenoxy) is 1. The summed E-state index contributed by atoms with van der Waals surface area (Å²) in [6.07, 6.45) is 3.32. The van der Waals surface area contributed by atoms with Crippen LogP contribution in [0.15, 0.2) is 54.5 Å². The van der Waals surface area contributed by atoms with Gasteiger partial charge in [-0.2, -0.15) is 0 Å². The number of carbonyl (C=O) groups excluding carboxylic acids is 1. The van der Waals surface area contributed by atoms with Crippen molar-refractivity contribution in [3.05, 3.63) is 71.3 Å². The fourth-order valence-corrected chi connectivity index (χ4v) is 3.09. The number of aromatic nitrogens is 1. The van der Waals surface area contributed by atoms with E-state index in [-0.39, 0.29) is 17.4 Å². The van der Waals surface area contributed by atoms with Crippen molar-refractivity contribution in [2.45, 2.75) is 6.42 Å². The maximum atomic E-state index is 14.1. The van der Waals surface area contributed by atoms with Crippen LogP contribution in [-0.4, -0.2) is 17.9 Å². The third-order valence-electron chi connectivity index (χ3n) is 4.21. The van der Waals surface area contributed by atoms with Crippen molar-refractivity contribution in [3.63, 3.8) is 0 Å². The van der Waals surface area contributed by atoms with Gasteiger partial charge in [0.15, 0.2) is 0 Å². The monoisotopic (exact) mass is 334 g/mol. The van der Waals surface area contributed by atoms with Gasteiger partial charge in [0.25, 0.3) is 5.91 Å². The maximum Gasteiger partial charge on any atom is 0.269 e. The van der Waals surface area contributed by atoms with Crippen molar-refractivity contribution in [1.29, 1.82) is 0 Å². The lowest BCUT2D eigenvalue weighted by Gasteiger charge is -2.18. The van der Waals surface area contributed by atoms with Crippen LogP contribution in [-0.2, 0) is 6.42 Å². The van der Waals surface area contributed by atoms with E-state index in [1.165, 1.54) is 12.3 Å². The summed E-state index contributed by atoms with van der Waals surface area (Å²) in [5, 5.41) is 4.57. The topological polar surface area (TPSA) is 51.2 Å². The van der Waals surface area contributed by atoms with Gasteiger partial charge >= 0.3 is 0 Å². The van der Waals surface area contributed by atoms with Gasteiger partial charge in [0.2, 0.25) is 0 Å². The van der Waals surface area contributed by atoms with E-state index in [1.54, 1.807) is 19.2 Å². The van der Waals surface area contributed by atoms with E-state index in [4.69, 9.17) is 4.74 Å². The van der Waals surface area contributed by atoms with Crippen LogP contribution in [0.1, 0.15) is 21.6 Å². The molecule has 0 spiro atoms. The zero-order chi connectivity index (χ0) is 17.4. The van der Waals surface area contributed by atoms with Crippen LogP contribution in [0.2, 0.25) is 0 Å². The summed E-state index contributed by atoms with van der Waals surface area (Å²) >= 11 is 0. The van der Waals surface area contributed by atoms with Crippen LogP contribution in [0.4, 0.5) is 4.39 Å². The molecule has 4 nitrogen and oxygen atoms in total. The van der Waals surface area contributed by atoms with Gasteiger partial charge in [-0.15, -0.1) is 0 Å². The normalized spacial score (nSPS) is 12.6. The van der Waals surface area contributed by atoms with Gasteiger partial charge in [0.1, 0.15) is 23.0 Å². The number of allylic oxidation sites excluding steroid dienone is 1. The predicted octanol–water partition coefficient (Wildman–Crippen LogP) is 4.25. The average molecular weight is 334 g/mol. The average Bonchev–Trinajstić information content (AvgIpc) is 2.63. The van der Waals surface area contributed by atoms with Crippen LogP contribution in [0, 0.1) is 0 Å². The van der Waals surface area contributed by atoms with Gasteiger partial charge in [-0.25, -0.2) is 4.39 Å². The number of carbonyl (C=O) groups is 1. The Hall–Kier alpha value is -3.21. The molecular weight excluding hydrogens is 319 g/mol. The van der Waals surface area contributed by atoms with Crippen LogP contribution < -0.4 is 10.1 Å². The molecule has 1 aliphatic carbocycles. The molecule has 1 heterocycles. The third kappa shape index (κ3) is 2.74. The molecule has 1 amide bonds. The first-order valence-electron chi connectivity index (χ1n) is 7.92. The Morgan fingerprint density at radius 2 is 2.12 bits per heavy atom. The molecule has 3 aromatic rings. The Morgan fingerprint density at radius 3 is 2.96 bits per heavy atom. The summed E-state index contributed by atoms with van der Waals surface area (Å²) in [6.45, 7) is 0. The van der Waals surface area contributed by atoms with Gasteiger partial charge in [0.05, 0.1) is 0 Å². The lowest BCUT2D eigenvalue weighted by molar-refractivity contribution is 0.0958. The van der Waals surface area contributed by atoms with Gasteiger partial charge in [-0.1, -0.05) is 24.3 Å². The molecule has 0 radical (unpaired) electrons. The van der Waals surface area contributed by atoms with Crippen LogP contribution in [0.25, 0.3) is 16.8 Å². The van der Waals surface area contributed by atoms with E-state index in [1.807, 2.05) is 30.3 Å². The fraction of sp³-hybridized carbons (Fsp3) is 0.100. The molecule has 0 saturated heterocycles. The highest BCUT2D eigenvalue weighted by Crippen LogP contribution is 2.38. The minimum atomic E-state index is -0.293. The second kappa shape index (κ2) is 6.02. The SMILES string of the molecule is CNC(=O)c1cc(Oc2ccc3cccc4c3c2C=C(F)C4)ccn1. The molecule has 0 bridgehead atoms. The molecule has 0 atom stereocenters. The second-order valence-corrected chi connectivity index (χ2v) is 5.82. The van der Waals surface area contributed by atoms with Gasteiger partial charge < -0.3 is 10.1 Å². The van der Waals surface area contributed by atoms with Crippen LogP contribution in [0.3, 0.4) is 0 Å². The fourth-order valence-electron chi connectivity index (χ4n) is 3.09. The minimum absolute atomic E-state index is 0.197. The molecule has 0 saturated carbocycles. The van der Waals surface area contributed by atoms with Gasteiger partial charge in [0, 0.05) is 31.3 Å². The third-order valence-corrected chi connectivity index (χ3v) is 4.21. The van der Waals surface area contributed by atoms with Crippen LogP contribution >= 0.6 is 0 Å². The van der Waals surface area contributed by atoms with E-state index < -0.39 is 0 Å². The minimum Gasteiger partial charge on any atom is -0.457 e. The summed E-state index contributed by atoms with van der Waals surface area (Å²) in [5.74, 6) is 0.528. The quantitative estimate of drug-likeness (QED) is 0.779. The molecule has 25 heavy (non-hydrogen) atoms. The Balaban J connectivity index is 1.80. The number of halogens is 1. The number of benzene rings is 2. The highest BCUT2D eigenvalue weighted by Gasteiger charge is 2.18. The number of pyridine rings is 1. The highest BCUT2D eigenvalue weighted by molar-refractivity contribution is 5.97. The molecule has 4 rings (SSSR count). The molecule has 0 unspecified atom stereocenters. The Bertz CT molecular complexity index is 1030. The summed E-state index contributed by atoms with van der Waals surface area (Å²) in [7, 11) is 1.54. The lowest BCUT2D eigenvalue weighted by Crippen LogP contribution is -2.18. The molecule has 124 valence electrons. The van der Waals surface area contributed by atoms with E-state index >= 15 is 0 Å². The number of rotatable bonds is 3. The molecule has 0 fully saturated rings. The highest BCUT2D eigenvalue weighted by atomic mass is 19.1. The molecular formula is C20H15FN2O2. The summed E-state index contributed by atoms with van der Waals surface area (Å²) in [5.41, 5.74) is 1.92. The number of nitrogens with one attached hydrogen (secondary N) is 1. The number of nitrogens with zero attached hydrogens (tertiary/aromatic N) is 1. The summed E-state index contributed by atoms with van der Waals surface area (Å²) in [4.78, 5) is 15.7. The maximum absolute atomic E-state index is 14.1. The van der Waals surface area contributed by atoms with Gasteiger partial charge in [-0.05, 0) is 34.5 Å². The van der Waals surface area contributed by atoms with Crippen molar-refractivity contribution in [2.24, 2.45) is 0 Å². The summed E-state index contributed by atoms with van der Waals surface area (Å²) < 4.78 is 20.0. The molecule has 1 aromatic heterocycles. The van der Waals surface area contributed by atoms with Crippen molar-refractivity contribution >= 4 is 22.8 Å². The van der Waals surface area contributed by atoms with Crippen molar-refractivity contribution in [1.82, 2.24) is 10.3 Å². The van der Waals surface area contributed by atoms with Crippen molar-refractivity contribution in [3.8, 4) is 11.5 Å². The molecule has 2 aromatic carbocycles. The molecule has 1 N–H and O–H groups in total. The smallest absolute Gasteiger partial charge is 0.269 e. The molecule has 5 heteroatoms. The number of amides is 1. The van der Waals surface area contributed by atoms with E-state index in [0.717, 1.165) is 21.9 Å². The Morgan fingerprint density at radius 1 is 1.24 bits per heavy atom. The van der Waals surface area contributed by atoms with Crippen LogP contribution in [0.5, 0.6) is 11.5 Å². The van der Waals surface area contributed by atoms with Crippen molar-refractivity contribution in [2.75, 3.05) is 7.05 Å². The van der Waals surface area contributed by atoms with Crippen molar-refractivity contribution < 1.29 is 13.9 Å². The summed E-state index contributed by atoms with van der Waals surface area (Å²) in [6, 6.07) is 12.9. The molecule has 0 aliphatic heterocycles. The van der Waals surface area contributed by atoms with E-state index in [9.17, 15) is 9.18 Å². The first kappa shape index (κ1) is 15.3. The Labute approximate surface area is 144 Å². The number of hydrogen-bond acceptors (Lipinski definition) is 3. The molecule has 1 aliphatic rings. The Kier molecular flexibility index (Phi) is 3.69. The van der Waals surface area contributed by atoms with E-state index in [0.29, 0.717) is 17.9 Å². The lowest BCUT2D eigenvalue weighted by atomic mass is 9.92. The zero-order valence-electron chi connectivity index (χ0n) is 13.5. The first-order chi connectivity index (χ1) is 12.2. The van der Waals surface area contributed by atoms with Gasteiger partial charge in [-0.3, -0.25) is 9.78 Å². The first-order valence-corrected chi connectivity index (χ1v) is 7.92. The standard InChI is InChI=1S/C20H15FN2O2/c1-22-20(24)17-11-15(7-8-23-17)25-18-6-5-12-3-2-4-13-9-14(21)10-16(18)19(12)13/h2-8,10-11H,9H2,1H3,(H,22,24). The number of hydrogen-bond donors (Lipinski definition) is 1. The second-order valence-electron chi connectivity index (χ2n) is 5.82. The van der Waals surface area contributed by atoms with E-state index in [2.05, 4.69) is 10.3 Å². The predicted molar refractivity (Wildman–Crippen MR) is 94.4 cm³/mol. The zero-order valence-corrected chi connectivity index (χ0v) is 13.5. The largest absolute Gasteiger partial charge is 0.457 e.